The zero-order chi connectivity index (χ0) is 18.4. The first kappa shape index (κ1) is 16.5. The lowest BCUT2D eigenvalue weighted by Crippen LogP contribution is -2.26. The smallest absolute Gasteiger partial charge is 0.344 e. The molecule has 0 saturated carbocycles. The molecule has 3 aromatic rings. The Bertz CT molecular complexity index is 1190. The fourth-order valence-electron chi connectivity index (χ4n) is 3.09. The van der Waals surface area contributed by atoms with Crippen molar-refractivity contribution in [1.82, 2.24) is 0 Å². The van der Waals surface area contributed by atoms with Crippen molar-refractivity contribution in [2.75, 3.05) is 0 Å². The van der Waals surface area contributed by atoms with Crippen molar-refractivity contribution >= 4 is 34.2 Å². The van der Waals surface area contributed by atoms with E-state index in [1.165, 1.54) is 0 Å². The molecular formula is C19H10Cl2N2O3. The zero-order valence-electron chi connectivity index (χ0n) is 13.1. The second-order valence-electron chi connectivity index (χ2n) is 5.73. The van der Waals surface area contributed by atoms with E-state index in [1.54, 1.807) is 42.5 Å². The molecule has 0 saturated heterocycles. The number of fused-ring (bicyclic) bond motifs is 3. The van der Waals surface area contributed by atoms with Crippen molar-refractivity contribution in [2.24, 2.45) is 5.73 Å². The van der Waals surface area contributed by atoms with Crippen LogP contribution < -0.4 is 16.1 Å². The van der Waals surface area contributed by atoms with Gasteiger partial charge in [0.1, 0.15) is 17.2 Å². The van der Waals surface area contributed by atoms with Gasteiger partial charge in [-0.25, -0.2) is 4.79 Å². The van der Waals surface area contributed by atoms with E-state index in [0.717, 1.165) is 0 Å². The Balaban J connectivity index is 2.08. The molecule has 26 heavy (non-hydrogen) atoms. The van der Waals surface area contributed by atoms with Crippen LogP contribution in [0.5, 0.6) is 5.75 Å². The van der Waals surface area contributed by atoms with Gasteiger partial charge in [-0.1, -0.05) is 41.4 Å². The van der Waals surface area contributed by atoms with Crippen molar-refractivity contribution in [1.29, 1.82) is 5.26 Å². The van der Waals surface area contributed by atoms with Crippen molar-refractivity contribution in [3.05, 3.63) is 85.5 Å². The molecule has 0 aliphatic carbocycles. The highest BCUT2D eigenvalue weighted by Gasteiger charge is 2.35. The van der Waals surface area contributed by atoms with Crippen molar-refractivity contribution < 1.29 is 9.15 Å². The Morgan fingerprint density at radius 1 is 1.12 bits per heavy atom. The number of rotatable bonds is 1. The van der Waals surface area contributed by atoms with Crippen molar-refractivity contribution in [3.63, 3.8) is 0 Å². The standard InChI is InChI=1S/C19H10Cl2N2O3/c20-12-6-5-9(7-13(12)21)15-11(8-22)18(23)26-17-10-3-1-2-4-14(10)25-19(24)16(15)17/h1-7,15H,23H2/t15-/m0/s1. The number of nitrogens with zero attached hydrogens (tertiary/aromatic N) is 1. The molecule has 0 unspecified atom stereocenters. The summed E-state index contributed by atoms with van der Waals surface area (Å²) in [7, 11) is 0. The molecular weight excluding hydrogens is 375 g/mol. The largest absolute Gasteiger partial charge is 0.439 e. The quantitative estimate of drug-likeness (QED) is 0.631. The van der Waals surface area contributed by atoms with Gasteiger partial charge in [0.15, 0.2) is 5.75 Å². The highest BCUT2D eigenvalue weighted by atomic mass is 35.5. The second-order valence-corrected chi connectivity index (χ2v) is 6.54. The lowest BCUT2D eigenvalue weighted by molar-refractivity contribution is 0.388. The predicted octanol–water partition coefficient (Wildman–Crippen LogP) is 4.32. The average Bonchev–Trinajstić information content (AvgIpc) is 2.63. The average molecular weight is 385 g/mol. The number of nitriles is 1. The summed E-state index contributed by atoms with van der Waals surface area (Å²) in [6.45, 7) is 0. The maximum atomic E-state index is 12.7. The van der Waals surface area contributed by atoms with E-state index in [-0.39, 0.29) is 22.8 Å². The van der Waals surface area contributed by atoms with Gasteiger partial charge in [0, 0.05) is 0 Å². The number of allylic oxidation sites excluding steroid dienone is 1. The molecule has 2 N–H and O–H groups in total. The Kier molecular flexibility index (Phi) is 3.87. The molecule has 0 radical (unpaired) electrons. The number of benzene rings is 2. The van der Waals surface area contributed by atoms with Gasteiger partial charge in [0.2, 0.25) is 5.88 Å². The minimum Gasteiger partial charge on any atom is -0.439 e. The minimum atomic E-state index is -0.764. The molecule has 1 aliphatic heterocycles. The van der Waals surface area contributed by atoms with E-state index in [1.807, 2.05) is 6.07 Å². The minimum absolute atomic E-state index is 0.0631. The second kappa shape index (κ2) is 6.10. The first-order valence-corrected chi connectivity index (χ1v) is 8.35. The molecule has 0 fully saturated rings. The van der Waals surface area contributed by atoms with Gasteiger partial charge in [-0.2, -0.15) is 5.26 Å². The Morgan fingerprint density at radius 2 is 1.88 bits per heavy atom. The molecule has 4 rings (SSSR count). The van der Waals surface area contributed by atoms with Crippen LogP contribution in [-0.2, 0) is 0 Å². The van der Waals surface area contributed by atoms with Crippen LogP contribution in [0, 0.1) is 11.3 Å². The Morgan fingerprint density at radius 3 is 2.62 bits per heavy atom. The third kappa shape index (κ3) is 2.43. The Hall–Kier alpha value is -2.94. The van der Waals surface area contributed by atoms with Gasteiger partial charge in [-0.15, -0.1) is 0 Å². The summed E-state index contributed by atoms with van der Waals surface area (Å²) >= 11 is 12.1. The topological polar surface area (TPSA) is 89.3 Å². The normalized spacial score (nSPS) is 16.1. The van der Waals surface area contributed by atoms with Gasteiger partial charge in [-0.3, -0.25) is 0 Å². The Labute approximate surface area is 157 Å². The van der Waals surface area contributed by atoms with Gasteiger partial charge < -0.3 is 14.9 Å². The molecule has 128 valence electrons. The SMILES string of the molecule is N#CC1=C(N)Oc2c(c(=O)oc3ccccc23)[C@H]1c1ccc(Cl)c(Cl)c1. The van der Waals surface area contributed by atoms with Gasteiger partial charge in [0.05, 0.1) is 26.9 Å². The van der Waals surface area contributed by atoms with Gasteiger partial charge >= 0.3 is 5.63 Å². The van der Waals surface area contributed by atoms with Crippen LogP contribution in [0.4, 0.5) is 0 Å². The lowest BCUT2D eigenvalue weighted by Gasteiger charge is -2.26. The summed E-state index contributed by atoms with van der Waals surface area (Å²) in [5, 5.41) is 10.8. The summed E-state index contributed by atoms with van der Waals surface area (Å²) in [6, 6.07) is 13.9. The summed E-state index contributed by atoms with van der Waals surface area (Å²) in [5.41, 5.74) is 6.66. The molecule has 1 aromatic heterocycles. The maximum Gasteiger partial charge on any atom is 0.344 e. The number of nitrogens with two attached hydrogens (primary N) is 1. The zero-order valence-corrected chi connectivity index (χ0v) is 14.6. The summed E-state index contributed by atoms with van der Waals surface area (Å²) < 4.78 is 11.1. The lowest BCUT2D eigenvalue weighted by atomic mass is 9.84. The van der Waals surface area contributed by atoms with Crippen LogP contribution in [0.3, 0.4) is 0 Å². The summed E-state index contributed by atoms with van der Waals surface area (Å²) in [6.07, 6.45) is 0. The first-order valence-electron chi connectivity index (χ1n) is 7.59. The summed E-state index contributed by atoms with van der Waals surface area (Å²) in [4.78, 5) is 12.7. The van der Waals surface area contributed by atoms with Crippen LogP contribution in [-0.4, -0.2) is 0 Å². The van der Waals surface area contributed by atoms with E-state index >= 15 is 0 Å². The molecule has 5 nitrogen and oxygen atoms in total. The molecule has 0 bridgehead atoms. The summed E-state index contributed by atoms with van der Waals surface area (Å²) in [5.74, 6) is -0.546. The van der Waals surface area contributed by atoms with Gasteiger partial charge in [-0.05, 0) is 29.8 Å². The van der Waals surface area contributed by atoms with Crippen molar-refractivity contribution in [3.8, 4) is 11.8 Å². The highest BCUT2D eigenvalue weighted by molar-refractivity contribution is 6.42. The molecule has 1 aliphatic rings. The molecule has 0 amide bonds. The predicted molar refractivity (Wildman–Crippen MR) is 98.2 cm³/mol. The number of hydrogen-bond acceptors (Lipinski definition) is 5. The first-order chi connectivity index (χ1) is 12.5. The van der Waals surface area contributed by atoms with Crippen LogP contribution >= 0.6 is 23.2 Å². The van der Waals surface area contributed by atoms with Crippen molar-refractivity contribution in [2.45, 2.75) is 5.92 Å². The van der Waals surface area contributed by atoms with Gasteiger partial charge in [0.25, 0.3) is 0 Å². The molecule has 1 atom stereocenters. The third-order valence-electron chi connectivity index (χ3n) is 4.25. The highest BCUT2D eigenvalue weighted by Crippen LogP contribution is 2.44. The number of halogens is 2. The third-order valence-corrected chi connectivity index (χ3v) is 4.99. The number of ether oxygens (including phenoxy) is 1. The van der Waals surface area contributed by atoms with Crippen LogP contribution in [0.1, 0.15) is 17.0 Å². The van der Waals surface area contributed by atoms with E-state index in [0.29, 0.717) is 26.6 Å². The molecule has 2 heterocycles. The molecule has 2 aromatic carbocycles. The van der Waals surface area contributed by atoms with E-state index < -0.39 is 11.5 Å². The van der Waals surface area contributed by atoms with E-state index in [2.05, 4.69) is 0 Å². The number of hydrogen-bond donors (Lipinski definition) is 1. The van der Waals surface area contributed by atoms with Crippen LogP contribution in [0.2, 0.25) is 10.0 Å². The maximum absolute atomic E-state index is 12.7. The monoisotopic (exact) mass is 384 g/mol. The number of para-hydroxylation sites is 1. The van der Waals surface area contributed by atoms with Crippen LogP contribution in [0.15, 0.2) is 63.1 Å². The fraction of sp³-hybridized carbons (Fsp3) is 0.0526. The van der Waals surface area contributed by atoms with Crippen LogP contribution in [0.25, 0.3) is 11.0 Å². The molecule has 0 spiro atoms. The fourth-order valence-corrected chi connectivity index (χ4v) is 3.40. The van der Waals surface area contributed by atoms with E-state index in [9.17, 15) is 10.1 Å². The van der Waals surface area contributed by atoms with E-state index in [4.69, 9.17) is 38.1 Å². The molecule has 7 heteroatoms.